The number of pyridine rings is 1. The first kappa shape index (κ1) is 18.5. The first-order valence-electron chi connectivity index (χ1n) is 8.82. The van der Waals surface area contributed by atoms with E-state index in [0.717, 1.165) is 22.0 Å². The number of benzene rings is 2. The van der Waals surface area contributed by atoms with Crippen LogP contribution in [0.3, 0.4) is 0 Å². The van der Waals surface area contributed by atoms with E-state index < -0.39 is 0 Å². The number of nitrogens with one attached hydrogen (secondary N) is 2. The highest BCUT2D eigenvalue weighted by molar-refractivity contribution is 5.86. The maximum absolute atomic E-state index is 12.1. The molecule has 0 saturated heterocycles. The number of nitrogens with zero attached hydrogens (tertiary/aromatic N) is 1. The molecule has 1 aromatic heterocycles. The summed E-state index contributed by atoms with van der Waals surface area (Å²) in [5.74, 6) is 0.537. The van der Waals surface area contributed by atoms with Crippen LogP contribution in [0, 0.1) is 6.92 Å². The Balaban J connectivity index is 1.54. The summed E-state index contributed by atoms with van der Waals surface area (Å²) in [7, 11) is 1.53. The van der Waals surface area contributed by atoms with Crippen molar-refractivity contribution in [3.63, 3.8) is 0 Å². The third-order valence-corrected chi connectivity index (χ3v) is 4.48. The molecule has 27 heavy (non-hydrogen) atoms. The fourth-order valence-electron chi connectivity index (χ4n) is 3.07. The van der Waals surface area contributed by atoms with Gasteiger partial charge in [0.05, 0.1) is 7.11 Å². The molecule has 0 spiro atoms. The molecule has 0 radical (unpaired) electrons. The molecular formula is C21H23N3O3. The Morgan fingerprint density at radius 3 is 2.63 bits per heavy atom. The molecule has 1 heterocycles. The van der Waals surface area contributed by atoms with Crippen molar-refractivity contribution < 1.29 is 9.53 Å². The van der Waals surface area contributed by atoms with E-state index in [-0.39, 0.29) is 11.6 Å². The largest absolute Gasteiger partial charge is 0.496 e. The Morgan fingerprint density at radius 2 is 1.85 bits per heavy atom. The smallest absolute Gasteiger partial charge is 0.315 e. The third-order valence-electron chi connectivity index (χ3n) is 4.48. The van der Waals surface area contributed by atoms with Crippen molar-refractivity contribution in [2.45, 2.75) is 20.0 Å². The van der Waals surface area contributed by atoms with Crippen LogP contribution in [0.4, 0.5) is 4.79 Å². The van der Waals surface area contributed by atoms with E-state index in [4.69, 9.17) is 4.74 Å². The zero-order valence-corrected chi connectivity index (χ0v) is 15.5. The summed E-state index contributed by atoms with van der Waals surface area (Å²) in [6, 6.07) is 17.1. The van der Waals surface area contributed by atoms with E-state index >= 15 is 0 Å². The lowest BCUT2D eigenvalue weighted by molar-refractivity contribution is 0.240. The van der Waals surface area contributed by atoms with E-state index in [2.05, 4.69) is 10.6 Å². The van der Waals surface area contributed by atoms with Crippen LogP contribution in [0.5, 0.6) is 5.75 Å². The average molecular weight is 365 g/mol. The molecule has 0 aliphatic carbocycles. The summed E-state index contributed by atoms with van der Waals surface area (Å²) in [6.07, 6.45) is 0. The normalized spacial score (nSPS) is 10.6. The number of urea groups is 1. The lowest BCUT2D eigenvalue weighted by Gasteiger charge is -2.13. The minimum Gasteiger partial charge on any atom is -0.496 e. The lowest BCUT2D eigenvalue weighted by Crippen LogP contribution is -2.38. The number of amides is 2. The summed E-state index contributed by atoms with van der Waals surface area (Å²) in [5, 5.41) is 7.93. The van der Waals surface area contributed by atoms with Gasteiger partial charge in [0.25, 0.3) is 5.56 Å². The van der Waals surface area contributed by atoms with Gasteiger partial charge in [-0.2, -0.15) is 0 Å². The number of hydrogen-bond acceptors (Lipinski definition) is 3. The number of ether oxygens (including phenoxy) is 1. The number of carbonyl (C=O) groups is 1. The summed E-state index contributed by atoms with van der Waals surface area (Å²) < 4.78 is 6.69. The summed E-state index contributed by atoms with van der Waals surface area (Å²) in [4.78, 5) is 24.2. The van der Waals surface area contributed by atoms with Gasteiger partial charge in [0, 0.05) is 31.4 Å². The number of carbonyl (C=O) groups excluding carboxylic acids is 1. The van der Waals surface area contributed by atoms with Crippen LogP contribution >= 0.6 is 0 Å². The second-order valence-corrected chi connectivity index (χ2v) is 6.27. The Kier molecular flexibility index (Phi) is 5.76. The molecule has 0 bridgehead atoms. The maximum atomic E-state index is 12.1. The summed E-state index contributed by atoms with van der Waals surface area (Å²) >= 11 is 0. The monoisotopic (exact) mass is 365 g/mol. The van der Waals surface area contributed by atoms with Gasteiger partial charge in [-0.25, -0.2) is 4.79 Å². The van der Waals surface area contributed by atoms with Crippen molar-refractivity contribution in [3.8, 4) is 5.75 Å². The number of aryl methyl sites for hydroxylation is 1. The molecule has 3 rings (SSSR count). The zero-order chi connectivity index (χ0) is 19.2. The molecular weight excluding hydrogens is 342 g/mol. The number of hydrogen-bond donors (Lipinski definition) is 2. The van der Waals surface area contributed by atoms with Gasteiger partial charge >= 0.3 is 6.03 Å². The van der Waals surface area contributed by atoms with Crippen LogP contribution in [-0.2, 0) is 13.1 Å². The topological polar surface area (TPSA) is 72.4 Å². The Hall–Kier alpha value is -3.28. The minimum atomic E-state index is -0.262. The number of aromatic nitrogens is 1. The van der Waals surface area contributed by atoms with Crippen LogP contribution in [-0.4, -0.2) is 24.3 Å². The van der Waals surface area contributed by atoms with Gasteiger partial charge in [0.1, 0.15) is 5.75 Å². The van der Waals surface area contributed by atoms with Gasteiger partial charge in [0.15, 0.2) is 0 Å². The quantitative estimate of drug-likeness (QED) is 0.706. The van der Waals surface area contributed by atoms with Crippen LogP contribution in [0.1, 0.15) is 11.3 Å². The second-order valence-electron chi connectivity index (χ2n) is 6.27. The third kappa shape index (κ3) is 4.47. The molecule has 6 heteroatoms. The number of methoxy groups -OCH3 is 1. The predicted octanol–water partition coefficient (Wildman–Crippen LogP) is 2.82. The van der Waals surface area contributed by atoms with Crippen LogP contribution in [0.25, 0.3) is 10.8 Å². The van der Waals surface area contributed by atoms with Crippen molar-refractivity contribution in [1.82, 2.24) is 15.2 Å². The lowest BCUT2D eigenvalue weighted by atomic mass is 10.0. The van der Waals surface area contributed by atoms with Gasteiger partial charge in [-0.1, -0.05) is 42.5 Å². The van der Waals surface area contributed by atoms with E-state index in [1.54, 1.807) is 10.6 Å². The molecule has 2 aromatic carbocycles. The van der Waals surface area contributed by atoms with Crippen LogP contribution in [0.2, 0.25) is 0 Å². The minimum absolute atomic E-state index is 0.148. The molecule has 2 amide bonds. The van der Waals surface area contributed by atoms with E-state index in [1.165, 1.54) is 13.2 Å². The van der Waals surface area contributed by atoms with Crippen molar-refractivity contribution >= 4 is 16.8 Å². The highest BCUT2D eigenvalue weighted by Crippen LogP contribution is 2.18. The van der Waals surface area contributed by atoms with Crippen LogP contribution in [0.15, 0.2) is 59.4 Å². The maximum Gasteiger partial charge on any atom is 0.315 e. The fraction of sp³-hybridized carbons (Fsp3) is 0.238. The van der Waals surface area contributed by atoms with Gasteiger partial charge < -0.3 is 19.9 Å². The van der Waals surface area contributed by atoms with Crippen molar-refractivity contribution in [3.05, 3.63) is 76.2 Å². The van der Waals surface area contributed by atoms with Crippen molar-refractivity contribution in [1.29, 1.82) is 0 Å². The van der Waals surface area contributed by atoms with Crippen molar-refractivity contribution in [2.24, 2.45) is 0 Å². The van der Waals surface area contributed by atoms with E-state index in [0.29, 0.717) is 25.4 Å². The fourth-order valence-corrected chi connectivity index (χ4v) is 3.07. The molecule has 2 N–H and O–H groups in total. The molecule has 0 atom stereocenters. The Morgan fingerprint density at radius 1 is 1.07 bits per heavy atom. The Labute approximate surface area is 157 Å². The summed E-state index contributed by atoms with van der Waals surface area (Å²) in [6.45, 7) is 3.03. The zero-order valence-electron chi connectivity index (χ0n) is 15.5. The molecule has 0 aliphatic rings. The number of rotatable bonds is 6. The number of fused-ring (bicyclic) bond motifs is 1. The van der Waals surface area contributed by atoms with E-state index in [9.17, 15) is 9.59 Å². The predicted molar refractivity (Wildman–Crippen MR) is 106 cm³/mol. The standard InChI is InChI=1S/C21H23N3O3/c1-15-12-18(27-2)13-20(25)24(15)11-10-22-21(26)23-14-17-8-5-7-16-6-3-4-9-19(16)17/h3-9,12-13H,10-11,14H2,1-2H3,(H2,22,23,26). The second kappa shape index (κ2) is 8.40. The highest BCUT2D eigenvalue weighted by Gasteiger charge is 2.06. The summed E-state index contributed by atoms with van der Waals surface area (Å²) in [5.41, 5.74) is 1.70. The molecule has 0 saturated carbocycles. The van der Waals surface area contributed by atoms with Gasteiger partial charge in [-0.05, 0) is 29.3 Å². The van der Waals surface area contributed by atoms with Gasteiger partial charge in [0.2, 0.25) is 0 Å². The molecule has 140 valence electrons. The van der Waals surface area contributed by atoms with Crippen molar-refractivity contribution in [2.75, 3.05) is 13.7 Å². The van der Waals surface area contributed by atoms with Gasteiger partial charge in [-0.3, -0.25) is 4.79 Å². The molecule has 0 unspecified atom stereocenters. The molecule has 3 aromatic rings. The van der Waals surface area contributed by atoms with Gasteiger partial charge in [-0.15, -0.1) is 0 Å². The Bertz CT molecular complexity index is 1010. The first-order valence-corrected chi connectivity index (χ1v) is 8.82. The molecule has 0 aliphatic heterocycles. The van der Waals surface area contributed by atoms with E-state index in [1.807, 2.05) is 49.4 Å². The molecule has 6 nitrogen and oxygen atoms in total. The average Bonchev–Trinajstić information content (AvgIpc) is 2.68. The van der Waals surface area contributed by atoms with Crippen LogP contribution < -0.4 is 20.9 Å². The highest BCUT2D eigenvalue weighted by atomic mass is 16.5. The SMILES string of the molecule is COc1cc(C)n(CCNC(=O)NCc2cccc3ccccc23)c(=O)c1. The first-order chi connectivity index (χ1) is 13.1. The molecule has 0 fully saturated rings.